The number of carbonyl (C=O) groups is 2. The van der Waals surface area contributed by atoms with E-state index in [1.165, 1.54) is 4.31 Å². The summed E-state index contributed by atoms with van der Waals surface area (Å²) < 4.78 is 39.5. The van der Waals surface area contributed by atoms with Gasteiger partial charge >= 0.3 is 12.2 Å². The van der Waals surface area contributed by atoms with E-state index in [9.17, 15) is 28.2 Å². The highest BCUT2D eigenvalue weighted by molar-refractivity contribution is 7.89. The zero-order chi connectivity index (χ0) is 49.8. The first kappa shape index (κ1) is 59.9. The number of ether oxygens (including phenoxy) is 2. The van der Waals surface area contributed by atoms with Crippen LogP contribution in [0.4, 0.5) is 9.59 Å². The maximum absolute atomic E-state index is 13.8. The molecule has 3 aromatic rings. The monoisotopic (exact) mass is 951 g/mol. The molecule has 0 saturated heterocycles. The molecule has 0 spiro atoms. The number of nitrogens with zero attached hydrogens (tertiary/aromatic N) is 3. The number of sulfonamides is 1. The van der Waals surface area contributed by atoms with Crippen LogP contribution in [0.15, 0.2) is 89.8 Å². The first-order valence-electron chi connectivity index (χ1n) is 22.6. The Morgan fingerprint density at radius 2 is 1.09 bits per heavy atom. The topological polar surface area (TPSA) is 246 Å². The quantitative estimate of drug-likeness (QED) is 0.0665. The Morgan fingerprint density at radius 1 is 0.672 bits per heavy atom. The van der Waals surface area contributed by atoms with Crippen LogP contribution in [-0.4, -0.2) is 102 Å². The van der Waals surface area contributed by atoms with Crippen molar-refractivity contribution in [3.8, 4) is 12.1 Å². The van der Waals surface area contributed by atoms with Crippen LogP contribution in [0, 0.1) is 40.4 Å². The highest BCUT2D eigenvalue weighted by Crippen LogP contribution is 2.28. The summed E-state index contributed by atoms with van der Waals surface area (Å²) in [5.74, 6) is 0. The minimum Gasteiger partial charge on any atom is -0.444 e. The fourth-order valence-corrected chi connectivity index (χ4v) is 8.44. The molecular formula is C51H78N6O9S. The third-order valence-electron chi connectivity index (χ3n) is 10.4. The molecule has 0 aliphatic carbocycles. The maximum atomic E-state index is 13.8. The molecular weight excluding hydrogens is 873 g/mol. The highest BCUT2D eigenvalue weighted by atomic mass is 32.2. The van der Waals surface area contributed by atoms with Gasteiger partial charge in [0.15, 0.2) is 0 Å². The Labute approximate surface area is 400 Å². The number of aryl methyl sites for hydroxylation is 1. The average molecular weight is 951 g/mol. The van der Waals surface area contributed by atoms with Crippen molar-refractivity contribution in [2.45, 2.75) is 155 Å². The number of nitrogens with one attached hydrogen (secondary N) is 3. The summed E-state index contributed by atoms with van der Waals surface area (Å²) in [6.45, 7) is 21.3. The van der Waals surface area contributed by atoms with Gasteiger partial charge in [-0.3, -0.25) is 0 Å². The summed E-state index contributed by atoms with van der Waals surface area (Å²) in [5, 5.41) is 48.8. The smallest absolute Gasteiger partial charge is 0.407 e. The number of aliphatic hydroxyl groups excluding tert-OH is 2. The molecule has 372 valence electrons. The lowest BCUT2D eigenvalue weighted by Crippen LogP contribution is -2.52. The Kier molecular flexibility index (Phi) is 24.8. The zero-order valence-corrected chi connectivity index (χ0v) is 42.4. The number of benzene rings is 3. The summed E-state index contributed by atoms with van der Waals surface area (Å²) in [7, 11) is -3.99. The second-order valence-electron chi connectivity index (χ2n) is 20.4. The molecule has 0 bridgehead atoms. The molecule has 16 heteroatoms. The fourth-order valence-electron chi connectivity index (χ4n) is 6.80. The second-order valence-corrected chi connectivity index (χ2v) is 22.3. The van der Waals surface area contributed by atoms with E-state index in [0.717, 1.165) is 23.1 Å². The molecule has 0 saturated carbocycles. The SMILES string of the molecule is CC(C)(CCC#N)CNCC(O)[C@H](Cc1ccccc1)NC(=O)OC(C)(C)C.Cc1ccc(S(=O)(=O)N(CC(O)[C@H](Cc2ccccc2)NC(=O)OC(C)(C)C)CC(C)(C)CCC#N)cc1.O. The van der Waals surface area contributed by atoms with Crippen LogP contribution in [-0.2, 0) is 32.3 Å². The molecule has 0 fully saturated rings. The van der Waals surface area contributed by atoms with Gasteiger partial charge in [-0.05, 0) is 108 Å². The van der Waals surface area contributed by atoms with E-state index >= 15 is 0 Å². The molecule has 15 nitrogen and oxygen atoms in total. The molecule has 4 atom stereocenters. The summed E-state index contributed by atoms with van der Waals surface area (Å²) in [6, 6.07) is 28.6. The van der Waals surface area contributed by atoms with E-state index in [4.69, 9.17) is 20.0 Å². The van der Waals surface area contributed by atoms with Crippen LogP contribution in [0.25, 0.3) is 0 Å². The van der Waals surface area contributed by atoms with Gasteiger partial charge in [-0.1, -0.05) is 106 Å². The molecule has 2 amide bonds. The van der Waals surface area contributed by atoms with Crippen LogP contribution >= 0.6 is 0 Å². The minimum absolute atomic E-state index is 0. The molecule has 67 heavy (non-hydrogen) atoms. The van der Waals surface area contributed by atoms with Gasteiger partial charge in [0.25, 0.3) is 0 Å². The van der Waals surface area contributed by atoms with Gasteiger partial charge in [0.2, 0.25) is 10.0 Å². The lowest BCUT2D eigenvalue weighted by Gasteiger charge is -2.35. The Balaban J connectivity index is 0.000000691. The van der Waals surface area contributed by atoms with E-state index in [2.05, 4.69) is 41.9 Å². The normalized spacial score (nSPS) is 13.8. The number of alkyl carbamates (subject to hydrolysis) is 2. The maximum Gasteiger partial charge on any atom is 0.407 e. The number of carbonyl (C=O) groups excluding carboxylic acids is 2. The van der Waals surface area contributed by atoms with Gasteiger partial charge in [-0.2, -0.15) is 14.8 Å². The van der Waals surface area contributed by atoms with Crippen molar-refractivity contribution in [1.82, 2.24) is 20.3 Å². The van der Waals surface area contributed by atoms with E-state index < -0.39 is 63.1 Å². The van der Waals surface area contributed by atoms with Crippen molar-refractivity contribution in [2.24, 2.45) is 10.8 Å². The van der Waals surface area contributed by atoms with E-state index in [-0.39, 0.29) is 41.7 Å². The molecule has 0 aliphatic heterocycles. The summed E-state index contributed by atoms with van der Waals surface area (Å²) >= 11 is 0. The number of aliphatic hydroxyl groups is 2. The van der Waals surface area contributed by atoms with Gasteiger partial charge in [0.1, 0.15) is 11.2 Å². The van der Waals surface area contributed by atoms with Crippen LogP contribution in [0.2, 0.25) is 0 Å². The molecule has 3 rings (SSSR count). The minimum atomic E-state index is -3.99. The average Bonchev–Trinajstić information content (AvgIpc) is 3.21. The van der Waals surface area contributed by atoms with Gasteiger partial charge < -0.3 is 41.1 Å². The molecule has 2 unspecified atom stereocenters. The first-order valence-corrected chi connectivity index (χ1v) is 24.0. The zero-order valence-electron chi connectivity index (χ0n) is 41.6. The van der Waals surface area contributed by atoms with Crippen LogP contribution in [0.3, 0.4) is 0 Å². The van der Waals surface area contributed by atoms with Gasteiger partial charge in [0.05, 0.1) is 41.3 Å². The lowest BCUT2D eigenvalue weighted by molar-refractivity contribution is 0.0390. The first-order chi connectivity index (χ1) is 30.6. The Hall–Kier alpha value is -5.07. The van der Waals surface area contributed by atoms with Crippen LogP contribution in [0.1, 0.15) is 112 Å². The van der Waals surface area contributed by atoms with Gasteiger partial charge in [-0.15, -0.1) is 0 Å². The molecule has 0 aromatic heterocycles. The van der Waals surface area contributed by atoms with Gasteiger partial charge in [0, 0.05) is 39.0 Å². The number of hydrogen-bond acceptors (Lipinski definition) is 11. The summed E-state index contributed by atoms with van der Waals surface area (Å²) in [4.78, 5) is 25.0. The highest BCUT2D eigenvalue weighted by Gasteiger charge is 2.35. The van der Waals surface area contributed by atoms with Crippen molar-refractivity contribution in [3.63, 3.8) is 0 Å². The molecule has 0 heterocycles. The number of rotatable bonds is 22. The van der Waals surface area contributed by atoms with Crippen molar-refractivity contribution in [2.75, 3.05) is 26.2 Å². The van der Waals surface area contributed by atoms with Crippen molar-refractivity contribution < 1.29 is 43.2 Å². The van der Waals surface area contributed by atoms with E-state index in [1.54, 1.807) is 65.8 Å². The predicted octanol–water partition coefficient (Wildman–Crippen LogP) is 7.39. The Morgan fingerprint density at radius 3 is 1.51 bits per heavy atom. The second kappa shape index (κ2) is 27.7. The third kappa shape index (κ3) is 24.5. The summed E-state index contributed by atoms with van der Waals surface area (Å²) in [5.41, 5.74) is 0.915. The van der Waals surface area contributed by atoms with Crippen LogP contribution in [0.5, 0.6) is 0 Å². The van der Waals surface area contributed by atoms with Gasteiger partial charge in [-0.25, -0.2) is 18.0 Å². The number of amides is 2. The molecule has 3 aromatic carbocycles. The predicted molar refractivity (Wildman–Crippen MR) is 262 cm³/mol. The molecule has 7 N–H and O–H groups in total. The third-order valence-corrected chi connectivity index (χ3v) is 12.2. The summed E-state index contributed by atoms with van der Waals surface area (Å²) in [6.07, 6.45) is -0.410. The number of nitriles is 2. The van der Waals surface area contributed by atoms with Crippen molar-refractivity contribution >= 4 is 22.2 Å². The van der Waals surface area contributed by atoms with E-state index in [1.807, 2.05) is 81.4 Å². The van der Waals surface area contributed by atoms with Crippen molar-refractivity contribution in [1.29, 1.82) is 10.5 Å². The lowest BCUT2D eigenvalue weighted by atomic mass is 9.88. The van der Waals surface area contributed by atoms with E-state index in [0.29, 0.717) is 32.4 Å². The van der Waals surface area contributed by atoms with Crippen molar-refractivity contribution in [3.05, 3.63) is 102 Å². The standard InChI is InChI=1S/C29H41N3O5S.C22H35N3O3.H2O/c1-22-13-15-24(16-14-22)38(35,36)32(21-29(5,6)17-10-18-30)20-26(33)25(19-23-11-8-7-9-12-23)31-27(34)37-28(2,3)4;1-21(2,3)28-20(27)25-18(14-17-10-7-6-8-11-17)19(26)15-24-16-22(4,5)12-9-13-23;/h7-9,11-16,25-26,33H,10,17,19-21H2,1-6H3,(H,31,34);6-8,10-11,18-19,24,26H,9,12,14-16H2,1-5H3,(H,25,27);1H2/t25-,26?;18-,19?;/m00./s1. The fraction of sp³-hybridized carbons (Fsp3) is 0.569. The Bertz CT molecular complexity index is 2110. The molecule has 0 aliphatic rings. The number of hydrogen-bond donors (Lipinski definition) is 5. The largest absolute Gasteiger partial charge is 0.444 e. The van der Waals surface area contributed by atoms with Crippen LogP contribution < -0.4 is 16.0 Å². The molecule has 0 radical (unpaired) electrons.